The van der Waals surface area contributed by atoms with Gasteiger partial charge in [-0.2, -0.15) is 27.8 Å². The van der Waals surface area contributed by atoms with Crippen molar-refractivity contribution in [3.05, 3.63) is 46.4 Å². The van der Waals surface area contributed by atoms with Gasteiger partial charge in [0.15, 0.2) is 0 Å². The molecular weight excluding hydrogens is 355 g/mol. The van der Waals surface area contributed by atoms with Crippen molar-refractivity contribution in [1.29, 1.82) is 0 Å². The summed E-state index contributed by atoms with van der Waals surface area (Å²) in [5, 5.41) is 6.80. The number of hydrogen-bond donors (Lipinski definition) is 1. The van der Waals surface area contributed by atoms with Gasteiger partial charge in [-0.15, -0.1) is 0 Å². The maximum atomic E-state index is 13.1. The van der Waals surface area contributed by atoms with Crippen LogP contribution in [0.4, 0.5) is 24.7 Å². The van der Waals surface area contributed by atoms with Crippen molar-refractivity contribution in [3.63, 3.8) is 0 Å². The number of anilines is 2. The fourth-order valence-electron chi connectivity index (χ4n) is 2.62. The highest BCUT2D eigenvalue weighted by Gasteiger charge is 2.33. The molecule has 0 fully saturated rings. The minimum absolute atomic E-state index is 0.261. The predicted molar refractivity (Wildman–Crippen MR) is 89.3 cm³/mol. The SMILES string of the molecule is CCCc1c(C)nc2ncnn2c1Nc1ccc(Cl)c(C(F)(F)F)c1. The van der Waals surface area contributed by atoms with Gasteiger partial charge in [0.05, 0.1) is 10.6 Å². The fourth-order valence-corrected chi connectivity index (χ4v) is 2.85. The molecule has 0 amide bonds. The highest BCUT2D eigenvalue weighted by molar-refractivity contribution is 6.31. The van der Waals surface area contributed by atoms with Gasteiger partial charge < -0.3 is 5.32 Å². The Balaban J connectivity index is 2.12. The summed E-state index contributed by atoms with van der Waals surface area (Å²) in [5.74, 6) is 0.933. The molecule has 0 bridgehead atoms. The number of hydrogen-bond acceptors (Lipinski definition) is 4. The molecule has 0 saturated heterocycles. The lowest BCUT2D eigenvalue weighted by Crippen LogP contribution is -2.10. The van der Waals surface area contributed by atoms with E-state index in [0.29, 0.717) is 18.0 Å². The third kappa shape index (κ3) is 3.39. The highest BCUT2D eigenvalue weighted by atomic mass is 35.5. The molecule has 5 nitrogen and oxygen atoms in total. The van der Waals surface area contributed by atoms with E-state index in [-0.39, 0.29) is 10.7 Å². The summed E-state index contributed by atoms with van der Waals surface area (Å²) in [6.07, 6.45) is -1.62. The smallest absolute Gasteiger partial charge is 0.340 e. The van der Waals surface area contributed by atoms with Crippen LogP contribution >= 0.6 is 11.6 Å². The van der Waals surface area contributed by atoms with E-state index in [4.69, 9.17) is 11.6 Å². The van der Waals surface area contributed by atoms with E-state index >= 15 is 0 Å². The first-order chi connectivity index (χ1) is 11.8. The summed E-state index contributed by atoms with van der Waals surface area (Å²) in [4.78, 5) is 8.43. The number of nitrogens with one attached hydrogen (secondary N) is 1. The van der Waals surface area contributed by atoms with Gasteiger partial charge in [0.25, 0.3) is 5.78 Å². The van der Waals surface area contributed by atoms with Crippen molar-refractivity contribution in [1.82, 2.24) is 19.6 Å². The second-order valence-electron chi connectivity index (χ2n) is 5.56. The standard InChI is InChI=1S/C16H15ClF3N5/c1-3-4-11-9(2)23-15-21-8-22-25(15)14(11)24-10-5-6-13(17)12(7-10)16(18,19)20/h5-8,24H,3-4H2,1-2H3. The van der Waals surface area contributed by atoms with Gasteiger partial charge in [-0.25, -0.2) is 4.98 Å². The summed E-state index contributed by atoms with van der Waals surface area (Å²) < 4.78 is 40.7. The average Bonchev–Trinajstić information content (AvgIpc) is 2.99. The van der Waals surface area contributed by atoms with E-state index in [1.165, 1.54) is 23.0 Å². The van der Waals surface area contributed by atoms with Gasteiger partial charge in [-0.1, -0.05) is 24.9 Å². The molecule has 3 rings (SSSR count). The lowest BCUT2D eigenvalue weighted by Gasteiger charge is -2.16. The maximum absolute atomic E-state index is 13.1. The minimum atomic E-state index is -4.53. The van der Waals surface area contributed by atoms with Gasteiger partial charge in [0.2, 0.25) is 0 Å². The van der Waals surface area contributed by atoms with E-state index in [2.05, 4.69) is 20.4 Å². The van der Waals surface area contributed by atoms with E-state index < -0.39 is 11.7 Å². The van der Waals surface area contributed by atoms with Crippen molar-refractivity contribution in [2.24, 2.45) is 0 Å². The molecule has 1 N–H and O–H groups in total. The van der Waals surface area contributed by atoms with E-state index in [1.807, 2.05) is 13.8 Å². The number of aromatic nitrogens is 4. The Hall–Kier alpha value is -2.35. The lowest BCUT2D eigenvalue weighted by molar-refractivity contribution is -0.137. The number of aryl methyl sites for hydroxylation is 1. The molecule has 0 atom stereocenters. The number of nitrogens with zero attached hydrogens (tertiary/aromatic N) is 4. The number of halogens is 4. The summed E-state index contributed by atoms with van der Waals surface area (Å²) in [7, 11) is 0. The third-order valence-electron chi connectivity index (χ3n) is 3.77. The molecule has 1 aromatic carbocycles. The molecule has 2 heterocycles. The molecular formula is C16H15ClF3N5. The van der Waals surface area contributed by atoms with Gasteiger partial charge >= 0.3 is 6.18 Å². The molecule has 0 radical (unpaired) electrons. The van der Waals surface area contributed by atoms with E-state index in [0.717, 1.165) is 23.7 Å². The lowest BCUT2D eigenvalue weighted by atomic mass is 10.1. The van der Waals surface area contributed by atoms with Crippen molar-refractivity contribution in [3.8, 4) is 0 Å². The van der Waals surface area contributed by atoms with E-state index in [9.17, 15) is 13.2 Å². The molecule has 3 aromatic rings. The zero-order valence-electron chi connectivity index (χ0n) is 13.5. The van der Waals surface area contributed by atoms with Crippen molar-refractivity contribution in [2.45, 2.75) is 32.9 Å². The first-order valence-corrected chi connectivity index (χ1v) is 8.02. The second kappa shape index (κ2) is 6.51. The largest absolute Gasteiger partial charge is 0.417 e. The monoisotopic (exact) mass is 369 g/mol. The molecule has 0 saturated carbocycles. The number of fused-ring (bicyclic) bond motifs is 1. The van der Waals surface area contributed by atoms with Gasteiger partial charge in [0.1, 0.15) is 12.1 Å². The topological polar surface area (TPSA) is 55.1 Å². The highest BCUT2D eigenvalue weighted by Crippen LogP contribution is 2.37. The Morgan fingerprint density at radius 2 is 2.04 bits per heavy atom. The van der Waals surface area contributed by atoms with Gasteiger partial charge in [-0.05, 0) is 31.5 Å². The summed E-state index contributed by atoms with van der Waals surface area (Å²) >= 11 is 5.68. The van der Waals surface area contributed by atoms with Crippen LogP contribution in [0.1, 0.15) is 30.2 Å². The number of alkyl halides is 3. The molecule has 2 aromatic heterocycles. The summed E-state index contributed by atoms with van der Waals surface area (Å²) in [6, 6.07) is 3.70. The van der Waals surface area contributed by atoms with Crippen LogP contribution in [0.2, 0.25) is 5.02 Å². The first kappa shape index (κ1) is 17.5. The van der Waals surface area contributed by atoms with Crippen LogP contribution in [0.15, 0.2) is 24.5 Å². The molecule has 132 valence electrons. The zero-order chi connectivity index (χ0) is 18.2. The molecule has 0 aliphatic carbocycles. The quantitative estimate of drug-likeness (QED) is 0.717. The number of rotatable bonds is 4. The predicted octanol–water partition coefficient (Wildman–Crippen LogP) is 4.80. The summed E-state index contributed by atoms with van der Waals surface area (Å²) in [5.41, 5.74) is 1.01. The van der Waals surface area contributed by atoms with Crippen LogP contribution in [-0.2, 0) is 12.6 Å². The Bertz CT molecular complexity index is 920. The van der Waals surface area contributed by atoms with Crippen molar-refractivity contribution < 1.29 is 13.2 Å². The molecule has 0 aliphatic rings. The molecule has 0 spiro atoms. The summed E-state index contributed by atoms with van der Waals surface area (Å²) in [6.45, 7) is 3.85. The van der Waals surface area contributed by atoms with Crippen molar-refractivity contribution >= 4 is 28.9 Å². The third-order valence-corrected chi connectivity index (χ3v) is 4.10. The Kier molecular flexibility index (Phi) is 4.55. The molecule has 0 aliphatic heterocycles. The number of benzene rings is 1. The fraction of sp³-hybridized carbons (Fsp3) is 0.312. The van der Waals surface area contributed by atoms with Crippen LogP contribution in [0.3, 0.4) is 0 Å². The average molecular weight is 370 g/mol. The Morgan fingerprint density at radius 1 is 1.28 bits per heavy atom. The first-order valence-electron chi connectivity index (χ1n) is 7.64. The molecule has 9 heteroatoms. The van der Waals surface area contributed by atoms with Crippen LogP contribution in [0.25, 0.3) is 5.78 Å². The Morgan fingerprint density at radius 3 is 2.72 bits per heavy atom. The van der Waals surface area contributed by atoms with Crippen LogP contribution in [-0.4, -0.2) is 19.6 Å². The van der Waals surface area contributed by atoms with Gasteiger partial charge in [0, 0.05) is 16.9 Å². The van der Waals surface area contributed by atoms with Crippen LogP contribution in [0.5, 0.6) is 0 Å². The van der Waals surface area contributed by atoms with Crippen LogP contribution in [0, 0.1) is 6.92 Å². The molecule has 25 heavy (non-hydrogen) atoms. The van der Waals surface area contributed by atoms with Crippen molar-refractivity contribution in [2.75, 3.05) is 5.32 Å². The Labute approximate surface area is 146 Å². The normalized spacial score (nSPS) is 11.9. The van der Waals surface area contributed by atoms with Gasteiger partial charge in [-0.3, -0.25) is 0 Å². The minimum Gasteiger partial charge on any atom is -0.340 e. The molecule has 0 unspecified atom stereocenters. The van der Waals surface area contributed by atoms with Crippen LogP contribution < -0.4 is 5.32 Å². The maximum Gasteiger partial charge on any atom is 0.417 e. The second-order valence-corrected chi connectivity index (χ2v) is 5.97. The van der Waals surface area contributed by atoms with E-state index in [1.54, 1.807) is 0 Å². The zero-order valence-corrected chi connectivity index (χ0v) is 14.3.